The molecular weight excluding hydrogens is 269 g/mol. The first-order valence-electron chi connectivity index (χ1n) is 7.72. The topological polar surface area (TPSA) is 40.5 Å². The zero-order valence-corrected chi connectivity index (χ0v) is 12.6. The number of amides is 1. The fourth-order valence-electron chi connectivity index (χ4n) is 2.95. The van der Waals surface area contributed by atoms with E-state index in [9.17, 15) is 14.3 Å². The van der Waals surface area contributed by atoms with Crippen molar-refractivity contribution in [3.05, 3.63) is 35.6 Å². The SMILES string of the molecule is CCC1(CO)CCN(C(=O)CCc2ccccc2F)CC1. The van der Waals surface area contributed by atoms with Crippen LogP contribution in [0.15, 0.2) is 24.3 Å². The number of carbonyl (C=O) groups is 1. The maximum absolute atomic E-state index is 13.5. The van der Waals surface area contributed by atoms with Gasteiger partial charge in [0.2, 0.25) is 5.91 Å². The minimum Gasteiger partial charge on any atom is -0.396 e. The summed E-state index contributed by atoms with van der Waals surface area (Å²) < 4.78 is 13.5. The van der Waals surface area contributed by atoms with Gasteiger partial charge in [0.05, 0.1) is 0 Å². The molecule has 21 heavy (non-hydrogen) atoms. The third kappa shape index (κ3) is 3.82. The van der Waals surface area contributed by atoms with E-state index in [-0.39, 0.29) is 23.7 Å². The second-order valence-electron chi connectivity index (χ2n) is 5.98. The molecule has 0 unspecified atom stereocenters. The molecule has 1 aromatic rings. The summed E-state index contributed by atoms with van der Waals surface area (Å²) in [6.07, 6.45) is 3.44. The summed E-state index contributed by atoms with van der Waals surface area (Å²) in [7, 11) is 0. The highest BCUT2D eigenvalue weighted by atomic mass is 19.1. The summed E-state index contributed by atoms with van der Waals surface area (Å²) in [5.41, 5.74) is 0.587. The van der Waals surface area contributed by atoms with E-state index >= 15 is 0 Å². The lowest BCUT2D eigenvalue weighted by Gasteiger charge is -2.40. The molecule has 3 nitrogen and oxygen atoms in total. The number of aliphatic hydroxyl groups excluding tert-OH is 1. The number of halogens is 1. The van der Waals surface area contributed by atoms with Gasteiger partial charge in [-0.2, -0.15) is 0 Å². The number of nitrogens with zero attached hydrogens (tertiary/aromatic N) is 1. The molecule has 0 atom stereocenters. The van der Waals surface area contributed by atoms with Gasteiger partial charge in [-0.3, -0.25) is 4.79 Å². The molecule has 116 valence electrons. The molecule has 4 heteroatoms. The lowest BCUT2D eigenvalue weighted by Crippen LogP contribution is -2.44. The number of rotatable bonds is 5. The Morgan fingerprint density at radius 3 is 2.57 bits per heavy atom. The van der Waals surface area contributed by atoms with Gasteiger partial charge in [0.1, 0.15) is 5.82 Å². The number of piperidine rings is 1. The maximum atomic E-state index is 13.5. The summed E-state index contributed by atoms with van der Waals surface area (Å²) in [6, 6.07) is 6.61. The van der Waals surface area contributed by atoms with Crippen LogP contribution in [0.5, 0.6) is 0 Å². The van der Waals surface area contributed by atoms with Crippen LogP contribution in [0, 0.1) is 11.2 Å². The summed E-state index contributed by atoms with van der Waals surface area (Å²) >= 11 is 0. The largest absolute Gasteiger partial charge is 0.396 e. The fourth-order valence-corrected chi connectivity index (χ4v) is 2.95. The molecule has 1 saturated heterocycles. The van der Waals surface area contributed by atoms with Crippen LogP contribution in [0.4, 0.5) is 4.39 Å². The predicted molar refractivity (Wildman–Crippen MR) is 80.3 cm³/mol. The Kier molecular flexibility index (Phi) is 5.34. The normalized spacial score (nSPS) is 17.8. The zero-order chi connectivity index (χ0) is 15.3. The van der Waals surface area contributed by atoms with Crippen molar-refractivity contribution in [3.63, 3.8) is 0 Å². The highest BCUT2D eigenvalue weighted by molar-refractivity contribution is 5.76. The second kappa shape index (κ2) is 7.03. The molecule has 0 spiro atoms. The first-order chi connectivity index (χ1) is 10.1. The van der Waals surface area contributed by atoms with Crippen molar-refractivity contribution >= 4 is 5.91 Å². The smallest absolute Gasteiger partial charge is 0.222 e. The molecule has 0 radical (unpaired) electrons. The second-order valence-corrected chi connectivity index (χ2v) is 5.98. The number of hydrogen-bond donors (Lipinski definition) is 1. The van der Waals surface area contributed by atoms with Crippen molar-refractivity contribution in [2.45, 2.75) is 39.0 Å². The van der Waals surface area contributed by atoms with Gasteiger partial charge in [0.15, 0.2) is 0 Å². The monoisotopic (exact) mass is 293 g/mol. The molecule has 1 fully saturated rings. The molecule has 1 N–H and O–H groups in total. The average Bonchev–Trinajstić information content (AvgIpc) is 2.54. The first kappa shape index (κ1) is 16.0. The van der Waals surface area contributed by atoms with Crippen molar-refractivity contribution in [2.24, 2.45) is 5.41 Å². The Morgan fingerprint density at radius 2 is 2.00 bits per heavy atom. The molecular formula is C17H24FNO2. The number of hydrogen-bond acceptors (Lipinski definition) is 2. The third-order valence-electron chi connectivity index (χ3n) is 4.83. The molecule has 2 rings (SSSR count). The molecule has 1 aliphatic heterocycles. The number of aryl methyl sites for hydroxylation is 1. The van der Waals surface area contributed by atoms with Gasteiger partial charge in [-0.1, -0.05) is 25.1 Å². The molecule has 1 aliphatic rings. The molecule has 0 aliphatic carbocycles. The van der Waals surface area contributed by atoms with E-state index in [1.165, 1.54) is 6.07 Å². The van der Waals surface area contributed by atoms with Crippen LogP contribution in [-0.4, -0.2) is 35.6 Å². The lowest BCUT2D eigenvalue weighted by atomic mass is 9.77. The van der Waals surface area contributed by atoms with Crippen molar-refractivity contribution in [1.82, 2.24) is 4.90 Å². The Morgan fingerprint density at radius 1 is 1.33 bits per heavy atom. The summed E-state index contributed by atoms with van der Waals surface area (Å²) in [5, 5.41) is 9.50. The molecule has 0 saturated carbocycles. The standard InChI is InChI=1S/C17H24FNO2/c1-2-17(13-20)9-11-19(12-10-17)16(21)8-7-14-5-3-4-6-15(14)18/h3-6,20H,2,7-13H2,1H3. The summed E-state index contributed by atoms with van der Waals surface area (Å²) in [6.45, 7) is 3.68. The zero-order valence-electron chi connectivity index (χ0n) is 12.6. The van der Waals surface area contributed by atoms with Gasteiger partial charge in [0.25, 0.3) is 0 Å². The highest BCUT2D eigenvalue weighted by Gasteiger charge is 2.33. The summed E-state index contributed by atoms with van der Waals surface area (Å²) in [4.78, 5) is 14.1. The van der Waals surface area contributed by atoms with E-state index in [1.54, 1.807) is 18.2 Å². The van der Waals surface area contributed by atoms with Crippen LogP contribution in [0.3, 0.4) is 0 Å². The van der Waals surface area contributed by atoms with Crippen molar-refractivity contribution in [3.8, 4) is 0 Å². The van der Waals surface area contributed by atoms with Crippen LogP contribution in [0.1, 0.15) is 38.2 Å². The Labute approximate surface area is 125 Å². The van der Waals surface area contributed by atoms with Crippen molar-refractivity contribution < 1.29 is 14.3 Å². The minimum absolute atomic E-state index is 0.0116. The van der Waals surface area contributed by atoms with Crippen LogP contribution in [-0.2, 0) is 11.2 Å². The van der Waals surface area contributed by atoms with Crippen LogP contribution in [0.2, 0.25) is 0 Å². The first-order valence-corrected chi connectivity index (χ1v) is 7.72. The maximum Gasteiger partial charge on any atom is 0.222 e. The molecule has 1 aromatic carbocycles. The van der Waals surface area contributed by atoms with E-state index in [4.69, 9.17) is 0 Å². The molecule has 0 aromatic heterocycles. The van der Waals surface area contributed by atoms with Crippen molar-refractivity contribution in [1.29, 1.82) is 0 Å². The molecule has 0 bridgehead atoms. The number of likely N-dealkylation sites (tertiary alicyclic amines) is 1. The van der Waals surface area contributed by atoms with Gasteiger partial charge in [0, 0.05) is 26.1 Å². The van der Waals surface area contributed by atoms with Gasteiger partial charge < -0.3 is 10.0 Å². The lowest BCUT2D eigenvalue weighted by molar-refractivity contribution is -0.134. The van der Waals surface area contributed by atoms with E-state index in [2.05, 4.69) is 6.92 Å². The highest BCUT2D eigenvalue weighted by Crippen LogP contribution is 2.34. The van der Waals surface area contributed by atoms with E-state index in [0.29, 0.717) is 31.5 Å². The van der Waals surface area contributed by atoms with E-state index in [1.807, 2.05) is 4.90 Å². The van der Waals surface area contributed by atoms with Gasteiger partial charge >= 0.3 is 0 Å². The van der Waals surface area contributed by atoms with Crippen LogP contribution in [0.25, 0.3) is 0 Å². The van der Waals surface area contributed by atoms with Gasteiger partial charge in [-0.25, -0.2) is 4.39 Å². The predicted octanol–water partition coefficient (Wildman–Crippen LogP) is 2.77. The van der Waals surface area contributed by atoms with E-state index in [0.717, 1.165) is 19.3 Å². The Bertz CT molecular complexity index is 475. The Hall–Kier alpha value is -1.42. The van der Waals surface area contributed by atoms with Crippen molar-refractivity contribution in [2.75, 3.05) is 19.7 Å². The third-order valence-corrected chi connectivity index (χ3v) is 4.83. The minimum atomic E-state index is -0.241. The van der Waals surface area contributed by atoms with E-state index < -0.39 is 0 Å². The quantitative estimate of drug-likeness (QED) is 0.907. The summed E-state index contributed by atoms with van der Waals surface area (Å²) in [5.74, 6) is -0.157. The average molecular weight is 293 g/mol. The molecule has 1 amide bonds. The Balaban J connectivity index is 1.84. The fraction of sp³-hybridized carbons (Fsp3) is 0.588. The van der Waals surface area contributed by atoms with Gasteiger partial charge in [-0.05, 0) is 42.7 Å². The number of carbonyl (C=O) groups excluding carboxylic acids is 1. The van der Waals surface area contributed by atoms with Crippen LogP contribution < -0.4 is 0 Å². The number of benzene rings is 1. The molecule has 1 heterocycles. The van der Waals surface area contributed by atoms with Gasteiger partial charge in [-0.15, -0.1) is 0 Å². The number of aliphatic hydroxyl groups is 1. The van der Waals surface area contributed by atoms with Crippen LogP contribution >= 0.6 is 0 Å².